The maximum Gasteiger partial charge on any atom is 0.162 e. The molecule has 0 saturated heterocycles. The van der Waals surface area contributed by atoms with Crippen LogP contribution in [0.4, 0.5) is 8.78 Å². The molecular weight excluding hydrogens is 276 g/mol. The van der Waals surface area contributed by atoms with Gasteiger partial charge in [0.15, 0.2) is 11.6 Å². The van der Waals surface area contributed by atoms with Gasteiger partial charge in [0.05, 0.1) is 17.9 Å². The molecular formula is C16H15F2NO2. The zero-order valence-electron chi connectivity index (χ0n) is 11.2. The van der Waals surface area contributed by atoms with Crippen molar-refractivity contribution in [2.75, 3.05) is 0 Å². The Morgan fingerprint density at radius 3 is 2.57 bits per heavy atom. The van der Waals surface area contributed by atoms with Gasteiger partial charge in [0.25, 0.3) is 0 Å². The zero-order valence-corrected chi connectivity index (χ0v) is 11.2. The molecule has 1 aromatic carbocycles. The lowest BCUT2D eigenvalue weighted by Crippen LogP contribution is -2.13. The van der Waals surface area contributed by atoms with Crippen LogP contribution in [0.15, 0.2) is 36.5 Å². The Morgan fingerprint density at radius 1 is 1.00 bits per heavy atom. The van der Waals surface area contributed by atoms with Crippen LogP contribution in [0, 0.1) is 11.6 Å². The molecule has 5 heteroatoms. The van der Waals surface area contributed by atoms with Gasteiger partial charge in [-0.1, -0.05) is 18.2 Å². The maximum atomic E-state index is 14.0. The van der Waals surface area contributed by atoms with Crippen LogP contribution >= 0.6 is 0 Å². The molecule has 1 aliphatic rings. The predicted octanol–water partition coefficient (Wildman–Crippen LogP) is 3.00. The fourth-order valence-corrected chi connectivity index (χ4v) is 2.94. The van der Waals surface area contributed by atoms with Crippen LogP contribution in [-0.2, 0) is 0 Å². The molecule has 1 aromatic heterocycles. The number of nitrogens with zero attached hydrogens (tertiary/aromatic N) is 1. The van der Waals surface area contributed by atoms with Crippen molar-refractivity contribution in [3.63, 3.8) is 0 Å². The summed E-state index contributed by atoms with van der Waals surface area (Å²) < 4.78 is 27.4. The van der Waals surface area contributed by atoms with E-state index in [2.05, 4.69) is 4.98 Å². The summed E-state index contributed by atoms with van der Waals surface area (Å²) in [4.78, 5) is 4.10. The van der Waals surface area contributed by atoms with E-state index in [9.17, 15) is 19.0 Å². The Morgan fingerprint density at radius 2 is 1.76 bits per heavy atom. The van der Waals surface area contributed by atoms with Gasteiger partial charge < -0.3 is 10.2 Å². The summed E-state index contributed by atoms with van der Waals surface area (Å²) in [6, 6.07) is 7.25. The van der Waals surface area contributed by atoms with Crippen LogP contribution in [0.2, 0.25) is 0 Å². The van der Waals surface area contributed by atoms with E-state index in [-0.39, 0.29) is 5.56 Å². The highest BCUT2D eigenvalue weighted by molar-refractivity contribution is 5.32. The van der Waals surface area contributed by atoms with Crippen LogP contribution in [-0.4, -0.2) is 15.2 Å². The molecule has 0 saturated carbocycles. The van der Waals surface area contributed by atoms with Gasteiger partial charge in [0.2, 0.25) is 0 Å². The molecule has 3 rings (SSSR count). The summed E-state index contributed by atoms with van der Waals surface area (Å²) >= 11 is 0. The van der Waals surface area contributed by atoms with E-state index in [0.717, 1.165) is 6.07 Å². The average Bonchev–Trinajstić information content (AvgIpc) is 2.62. The summed E-state index contributed by atoms with van der Waals surface area (Å²) in [7, 11) is 0. The highest BCUT2D eigenvalue weighted by Crippen LogP contribution is 2.42. The van der Waals surface area contributed by atoms with Crippen LogP contribution in [0.3, 0.4) is 0 Å². The average molecular weight is 291 g/mol. The van der Waals surface area contributed by atoms with Crippen LogP contribution in [0.5, 0.6) is 0 Å². The summed E-state index contributed by atoms with van der Waals surface area (Å²) in [5, 5.41) is 20.7. The van der Waals surface area contributed by atoms with Crippen LogP contribution in [0.25, 0.3) is 0 Å². The quantitative estimate of drug-likeness (QED) is 0.794. The molecule has 0 radical (unpaired) electrons. The van der Waals surface area contributed by atoms with Crippen molar-refractivity contribution in [1.29, 1.82) is 0 Å². The van der Waals surface area contributed by atoms with Crippen molar-refractivity contribution >= 4 is 0 Å². The minimum atomic E-state index is -1.03. The third-order valence-corrected chi connectivity index (χ3v) is 4.02. The first-order valence-corrected chi connectivity index (χ1v) is 6.84. The number of aliphatic hydroxyl groups excluding tert-OH is 2. The Labute approximate surface area is 120 Å². The molecule has 0 aliphatic heterocycles. The van der Waals surface area contributed by atoms with E-state index in [0.29, 0.717) is 24.1 Å². The molecule has 1 aliphatic carbocycles. The van der Waals surface area contributed by atoms with Crippen molar-refractivity contribution in [3.05, 3.63) is 65.0 Å². The third-order valence-electron chi connectivity index (χ3n) is 4.02. The summed E-state index contributed by atoms with van der Waals surface area (Å²) in [5.41, 5.74) is 1.01. The molecule has 0 unspecified atom stereocenters. The first kappa shape index (κ1) is 14.1. The van der Waals surface area contributed by atoms with Crippen LogP contribution in [0.1, 0.15) is 47.8 Å². The Bertz CT molecular complexity index is 662. The molecule has 2 aromatic rings. The minimum absolute atomic E-state index is 0.131. The second-order valence-corrected chi connectivity index (χ2v) is 5.27. The Kier molecular flexibility index (Phi) is 3.69. The molecule has 1 heterocycles. The first-order chi connectivity index (χ1) is 10.1. The molecule has 110 valence electrons. The van der Waals surface area contributed by atoms with Gasteiger partial charge in [0, 0.05) is 17.7 Å². The van der Waals surface area contributed by atoms with E-state index in [4.69, 9.17) is 0 Å². The lowest BCUT2D eigenvalue weighted by Gasteiger charge is -2.22. The number of halogens is 2. The zero-order chi connectivity index (χ0) is 15.0. The van der Waals surface area contributed by atoms with Crippen molar-refractivity contribution < 1.29 is 19.0 Å². The molecule has 0 spiro atoms. The summed E-state index contributed by atoms with van der Waals surface area (Å²) in [5.74, 6) is -2.49. The maximum absolute atomic E-state index is 14.0. The number of hydrogen-bond acceptors (Lipinski definition) is 3. The summed E-state index contributed by atoms with van der Waals surface area (Å²) in [6.45, 7) is 0. The van der Waals surface area contributed by atoms with Gasteiger partial charge >= 0.3 is 0 Å². The smallest absolute Gasteiger partial charge is 0.162 e. The van der Waals surface area contributed by atoms with Crippen LogP contribution < -0.4 is 0 Å². The van der Waals surface area contributed by atoms with Crippen molar-refractivity contribution in [2.45, 2.75) is 31.0 Å². The van der Waals surface area contributed by atoms with Gasteiger partial charge in [-0.15, -0.1) is 0 Å². The fraction of sp³-hybridized carbons (Fsp3) is 0.312. The highest BCUT2D eigenvalue weighted by Gasteiger charge is 2.33. The van der Waals surface area contributed by atoms with Crippen molar-refractivity contribution in [1.82, 2.24) is 4.98 Å². The number of rotatable bonds is 1. The number of hydrogen-bond donors (Lipinski definition) is 2. The van der Waals surface area contributed by atoms with Gasteiger partial charge in [-0.2, -0.15) is 0 Å². The topological polar surface area (TPSA) is 53.4 Å². The molecule has 0 amide bonds. The molecule has 21 heavy (non-hydrogen) atoms. The Balaban J connectivity index is 2.07. The van der Waals surface area contributed by atoms with E-state index >= 15 is 0 Å². The number of pyridine rings is 1. The van der Waals surface area contributed by atoms with E-state index in [1.807, 2.05) is 0 Å². The molecule has 2 N–H and O–H groups in total. The van der Waals surface area contributed by atoms with Gasteiger partial charge in [-0.25, -0.2) is 8.78 Å². The van der Waals surface area contributed by atoms with E-state index in [1.54, 1.807) is 12.1 Å². The fourth-order valence-electron chi connectivity index (χ4n) is 2.94. The second kappa shape index (κ2) is 5.50. The van der Waals surface area contributed by atoms with Crippen molar-refractivity contribution in [3.8, 4) is 0 Å². The normalized spacial score (nSPS) is 25.2. The number of benzene rings is 1. The molecule has 0 fully saturated rings. The van der Waals surface area contributed by atoms with Gasteiger partial charge in [-0.3, -0.25) is 4.98 Å². The SMILES string of the molecule is O[C@@H]1CC[C@H](c2cccc(F)c2F)[C@H](O)c2cccnc21. The van der Waals surface area contributed by atoms with E-state index < -0.39 is 29.8 Å². The lowest BCUT2D eigenvalue weighted by atomic mass is 9.87. The Hall–Kier alpha value is -1.85. The van der Waals surface area contributed by atoms with E-state index in [1.165, 1.54) is 18.3 Å². The largest absolute Gasteiger partial charge is 0.388 e. The predicted molar refractivity (Wildman–Crippen MR) is 72.5 cm³/mol. The lowest BCUT2D eigenvalue weighted by molar-refractivity contribution is 0.135. The highest BCUT2D eigenvalue weighted by atomic mass is 19.2. The molecule has 0 bridgehead atoms. The second-order valence-electron chi connectivity index (χ2n) is 5.27. The van der Waals surface area contributed by atoms with Crippen molar-refractivity contribution in [2.24, 2.45) is 0 Å². The number of fused-ring (bicyclic) bond motifs is 1. The van der Waals surface area contributed by atoms with Gasteiger partial charge in [0.1, 0.15) is 0 Å². The number of aliphatic hydroxyl groups is 2. The minimum Gasteiger partial charge on any atom is -0.388 e. The standard InChI is InChI=1S/C16H15F2NO2/c17-12-5-1-3-9(14(12)18)10-6-7-13(20)15-11(16(10)21)4-2-8-19-15/h1-5,8,10,13,16,20-21H,6-7H2/t10-,13-,16+/m1/s1. The molecule has 3 nitrogen and oxygen atoms in total. The summed E-state index contributed by atoms with van der Waals surface area (Å²) in [6.07, 6.45) is 0.387. The molecule has 3 atom stereocenters. The number of aromatic nitrogens is 1. The monoisotopic (exact) mass is 291 g/mol. The van der Waals surface area contributed by atoms with Gasteiger partial charge in [-0.05, 0) is 30.5 Å². The third kappa shape index (κ3) is 2.43. The first-order valence-electron chi connectivity index (χ1n) is 6.84.